The Kier molecular flexibility index (Phi) is 9.82. The number of carbonyl (C=O) groups excluding carboxylic acids is 1. The monoisotopic (exact) mass is 497 g/mol. The zero-order valence-electron chi connectivity index (χ0n) is 22.3. The lowest BCUT2D eigenvalue weighted by atomic mass is 9.90. The van der Waals surface area contributed by atoms with Gasteiger partial charge in [0.1, 0.15) is 29.3 Å². The van der Waals surface area contributed by atoms with E-state index in [1.807, 2.05) is 30.0 Å². The Labute approximate surface area is 215 Å². The maximum absolute atomic E-state index is 13.9. The molecule has 1 aromatic carbocycles. The molecule has 2 aliphatic rings. The average Bonchev–Trinajstić information content (AvgIpc) is 2.90. The third-order valence-corrected chi connectivity index (χ3v) is 7.33. The first-order chi connectivity index (χ1) is 17.6. The summed E-state index contributed by atoms with van der Waals surface area (Å²) in [6, 6.07) is 7.95. The number of amides is 1. The number of aromatic nitrogens is 1. The number of benzene rings is 1. The van der Waals surface area contributed by atoms with Gasteiger partial charge < -0.3 is 24.4 Å². The minimum Gasteiger partial charge on any atom is -0.491 e. The van der Waals surface area contributed by atoms with Crippen LogP contribution in [0.5, 0.6) is 11.5 Å². The van der Waals surface area contributed by atoms with Crippen molar-refractivity contribution < 1.29 is 19.0 Å². The fraction of sp³-hybridized carbons (Fsp3) is 0.655. The van der Waals surface area contributed by atoms with Crippen molar-refractivity contribution >= 4 is 16.8 Å². The van der Waals surface area contributed by atoms with Crippen molar-refractivity contribution in [2.24, 2.45) is 5.92 Å². The molecule has 1 aliphatic heterocycles. The molecule has 2 aromatic rings. The van der Waals surface area contributed by atoms with Gasteiger partial charge in [-0.2, -0.15) is 0 Å². The van der Waals surface area contributed by atoms with Gasteiger partial charge in [-0.05, 0) is 71.0 Å². The van der Waals surface area contributed by atoms with Crippen LogP contribution >= 0.6 is 0 Å². The van der Waals surface area contributed by atoms with E-state index in [-0.39, 0.29) is 18.0 Å². The molecule has 1 N–H and O–H groups in total. The molecule has 198 valence electrons. The summed E-state index contributed by atoms with van der Waals surface area (Å²) in [5, 5.41) is 4.30. The molecule has 4 rings (SSSR count). The second-order valence-corrected chi connectivity index (χ2v) is 10.3. The SMILES string of the molecule is CCOCCOc1cc(C(=O)N(C(C)C)[C@@H]2CCCNC2)nc2c(OCC3CCCCC3)cccc12. The lowest BCUT2D eigenvalue weighted by Crippen LogP contribution is -2.51. The molecule has 0 spiro atoms. The summed E-state index contributed by atoms with van der Waals surface area (Å²) in [4.78, 5) is 20.8. The highest BCUT2D eigenvalue weighted by Gasteiger charge is 2.30. The number of ether oxygens (including phenoxy) is 3. The summed E-state index contributed by atoms with van der Waals surface area (Å²) < 4.78 is 18.0. The van der Waals surface area contributed by atoms with E-state index < -0.39 is 0 Å². The maximum Gasteiger partial charge on any atom is 0.273 e. The van der Waals surface area contributed by atoms with Crippen LogP contribution in [0.1, 0.15) is 76.2 Å². The van der Waals surface area contributed by atoms with Crippen LogP contribution < -0.4 is 14.8 Å². The normalized spacial score (nSPS) is 18.9. The molecular formula is C29H43N3O4. The summed E-state index contributed by atoms with van der Waals surface area (Å²) >= 11 is 0. The Balaban J connectivity index is 1.66. The van der Waals surface area contributed by atoms with Crippen molar-refractivity contribution in [3.05, 3.63) is 30.0 Å². The van der Waals surface area contributed by atoms with Gasteiger partial charge in [-0.1, -0.05) is 25.3 Å². The summed E-state index contributed by atoms with van der Waals surface area (Å²) in [6.07, 6.45) is 8.37. The Morgan fingerprint density at radius 3 is 2.64 bits per heavy atom. The topological polar surface area (TPSA) is 72.9 Å². The standard InChI is InChI=1S/C29H43N3O4/c1-4-34-16-17-35-27-18-25(29(33)32(21(2)3)23-12-9-15-30-19-23)31-28-24(27)13-8-14-26(28)36-20-22-10-6-5-7-11-22/h8,13-14,18,21-23,30H,4-7,9-12,15-17,19-20H2,1-3H3/t23-/m1/s1. The molecule has 7 heteroatoms. The van der Waals surface area contributed by atoms with Gasteiger partial charge in [0.2, 0.25) is 0 Å². The largest absolute Gasteiger partial charge is 0.491 e. The molecule has 2 fully saturated rings. The summed E-state index contributed by atoms with van der Waals surface area (Å²) in [5.74, 6) is 1.89. The average molecular weight is 498 g/mol. The molecule has 1 aromatic heterocycles. The van der Waals surface area contributed by atoms with Crippen molar-refractivity contribution in [3.63, 3.8) is 0 Å². The van der Waals surface area contributed by atoms with E-state index in [1.54, 1.807) is 6.07 Å². The quantitative estimate of drug-likeness (QED) is 0.430. The number of nitrogens with one attached hydrogen (secondary N) is 1. The van der Waals surface area contributed by atoms with E-state index in [0.717, 1.165) is 37.1 Å². The van der Waals surface area contributed by atoms with E-state index in [0.29, 0.717) is 49.3 Å². The van der Waals surface area contributed by atoms with Crippen molar-refractivity contribution in [1.82, 2.24) is 15.2 Å². The number of nitrogens with zero attached hydrogens (tertiary/aromatic N) is 2. The van der Waals surface area contributed by atoms with Crippen LogP contribution in [0.3, 0.4) is 0 Å². The number of hydrogen-bond acceptors (Lipinski definition) is 6. The third-order valence-electron chi connectivity index (χ3n) is 7.33. The first-order valence-corrected chi connectivity index (χ1v) is 13.9. The number of piperidine rings is 1. The fourth-order valence-electron chi connectivity index (χ4n) is 5.48. The van der Waals surface area contributed by atoms with Gasteiger partial charge in [-0.3, -0.25) is 4.79 Å². The fourth-order valence-corrected chi connectivity index (χ4v) is 5.48. The molecule has 0 bridgehead atoms. The van der Waals surface area contributed by atoms with Gasteiger partial charge in [0.15, 0.2) is 0 Å². The number of hydrogen-bond donors (Lipinski definition) is 1. The van der Waals surface area contributed by atoms with Gasteiger partial charge in [-0.15, -0.1) is 0 Å². The van der Waals surface area contributed by atoms with Crippen LogP contribution in [0.15, 0.2) is 24.3 Å². The molecule has 1 saturated carbocycles. The molecule has 7 nitrogen and oxygen atoms in total. The zero-order valence-corrected chi connectivity index (χ0v) is 22.3. The Morgan fingerprint density at radius 1 is 1.08 bits per heavy atom. The number of fused-ring (bicyclic) bond motifs is 1. The van der Waals surface area contributed by atoms with Crippen LogP contribution in [0.2, 0.25) is 0 Å². The number of pyridine rings is 1. The first kappa shape index (κ1) is 26.7. The van der Waals surface area contributed by atoms with E-state index in [4.69, 9.17) is 19.2 Å². The van der Waals surface area contributed by atoms with Crippen molar-refractivity contribution in [2.45, 2.75) is 77.8 Å². The summed E-state index contributed by atoms with van der Waals surface area (Å²) in [5.41, 5.74) is 1.10. The molecule has 1 atom stereocenters. The van der Waals surface area contributed by atoms with E-state index in [9.17, 15) is 4.79 Å². The van der Waals surface area contributed by atoms with Gasteiger partial charge >= 0.3 is 0 Å². The number of carbonyl (C=O) groups is 1. The predicted octanol–water partition coefficient (Wildman–Crippen LogP) is 5.21. The third kappa shape index (κ3) is 6.68. The Morgan fingerprint density at radius 2 is 1.92 bits per heavy atom. The van der Waals surface area contributed by atoms with Crippen molar-refractivity contribution in [1.29, 1.82) is 0 Å². The Hall–Kier alpha value is -2.38. The molecule has 1 amide bonds. The highest BCUT2D eigenvalue weighted by Crippen LogP contribution is 2.34. The summed E-state index contributed by atoms with van der Waals surface area (Å²) in [6.45, 7) is 10.2. The lowest BCUT2D eigenvalue weighted by Gasteiger charge is -2.37. The van der Waals surface area contributed by atoms with Crippen LogP contribution in [-0.4, -0.2) is 67.4 Å². The van der Waals surface area contributed by atoms with Crippen LogP contribution in [0.4, 0.5) is 0 Å². The van der Waals surface area contributed by atoms with Crippen LogP contribution in [0, 0.1) is 5.92 Å². The lowest BCUT2D eigenvalue weighted by molar-refractivity contribution is 0.0567. The second kappa shape index (κ2) is 13.2. The van der Waals surface area contributed by atoms with Crippen LogP contribution in [0.25, 0.3) is 10.9 Å². The van der Waals surface area contributed by atoms with Gasteiger partial charge in [0.25, 0.3) is 5.91 Å². The van der Waals surface area contributed by atoms with Crippen LogP contribution in [-0.2, 0) is 4.74 Å². The van der Waals surface area contributed by atoms with Crippen molar-refractivity contribution in [3.8, 4) is 11.5 Å². The van der Waals surface area contributed by atoms with E-state index in [2.05, 4.69) is 19.2 Å². The Bertz CT molecular complexity index is 984. The smallest absolute Gasteiger partial charge is 0.273 e. The van der Waals surface area contributed by atoms with E-state index >= 15 is 0 Å². The number of para-hydroxylation sites is 1. The minimum atomic E-state index is -0.0580. The van der Waals surface area contributed by atoms with E-state index in [1.165, 1.54) is 32.1 Å². The van der Waals surface area contributed by atoms with Gasteiger partial charge in [-0.25, -0.2) is 4.98 Å². The van der Waals surface area contributed by atoms with Crippen molar-refractivity contribution in [2.75, 3.05) is 39.5 Å². The van der Waals surface area contributed by atoms with Gasteiger partial charge in [0, 0.05) is 36.7 Å². The zero-order chi connectivity index (χ0) is 25.3. The molecule has 2 heterocycles. The highest BCUT2D eigenvalue weighted by molar-refractivity contribution is 5.98. The molecule has 0 radical (unpaired) electrons. The second-order valence-electron chi connectivity index (χ2n) is 10.3. The number of rotatable bonds is 11. The predicted molar refractivity (Wildman–Crippen MR) is 143 cm³/mol. The molecular weight excluding hydrogens is 454 g/mol. The summed E-state index contributed by atoms with van der Waals surface area (Å²) in [7, 11) is 0. The molecule has 36 heavy (non-hydrogen) atoms. The minimum absolute atomic E-state index is 0.0580. The first-order valence-electron chi connectivity index (χ1n) is 13.9. The highest BCUT2D eigenvalue weighted by atomic mass is 16.5. The molecule has 0 unspecified atom stereocenters. The molecule has 1 aliphatic carbocycles. The molecule has 1 saturated heterocycles. The maximum atomic E-state index is 13.9. The van der Waals surface area contributed by atoms with Gasteiger partial charge in [0.05, 0.1) is 13.2 Å².